The first-order valence-electron chi connectivity index (χ1n) is 8.48. The highest BCUT2D eigenvalue weighted by Gasteiger charge is 2.46. The van der Waals surface area contributed by atoms with Crippen LogP contribution in [-0.4, -0.2) is 39.5 Å². The monoisotopic (exact) mass is 351 g/mol. The number of carbonyl (C=O) groups is 2. The Morgan fingerprint density at radius 1 is 1.08 bits per heavy atom. The second-order valence-corrected chi connectivity index (χ2v) is 6.58. The topological polar surface area (TPSA) is 77.8 Å². The van der Waals surface area contributed by atoms with Crippen molar-refractivity contribution in [3.63, 3.8) is 0 Å². The molecule has 2 aromatic carbocycles. The molecule has 0 saturated carbocycles. The first-order valence-corrected chi connectivity index (χ1v) is 8.48. The van der Waals surface area contributed by atoms with Gasteiger partial charge >= 0.3 is 0 Å². The zero-order chi connectivity index (χ0) is 18.8. The summed E-state index contributed by atoms with van der Waals surface area (Å²) in [5.74, 6) is -1.66. The van der Waals surface area contributed by atoms with Crippen molar-refractivity contribution in [1.82, 2.24) is 4.90 Å². The number of amides is 1. The predicted molar refractivity (Wildman–Crippen MR) is 98.3 cm³/mol. The van der Waals surface area contributed by atoms with Crippen molar-refractivity contribution < 1.29 is 19.8 Å². The normalized spacial score (nSPS) is 20.4. The van der Waals surface area contributed by atoms with Crippen molar-refractivity contribution >= 4 is 17.4 Å². The fourth-order valence-electron chi connectivity index (χ4n) is 3.20. The van der Waals surface area contributed by atoms with E-state index in [9.17, 15) is 19.8 Å². The number of ketones is 1. The Bertz CT molecular complexity index is 853. The van der Waals surface area contributed by atoms with Crippen LogP contribution in [0.15, 0.2) is 60.2 Å². The van der Waals surface area contributed by atoms with E-state index in [1.807, 2.05) is 37.3 Å². The van der Waals surface area contributed by atoms with Gasteiger partial charge in [-0.15, -0.1) is 0 Å². The standard InChI is InChI=1S/C21H21NO4/c1-13-8-10-16(11-9-13)19(24)17-18(15-6-4-3-5-7-15)22(12-14(2)23)21(26)20(17)25/h3-11,14,18,23-24H,12H2,1-2H3/b19-17+. The van der Waals surface area contributed by atoms with Crippen LogP contribution in [0.25, 0.3) is 5.76 Å². The Balaban J connectivity index is 2.17. The predicted octanol–water partition coefficient (Wildman–Crippen LogP) is 2.80. The molecule has 26 heavy (non-hydrogen) atoms. The molecule has 1 heterocycles. The molecule has 2 unspecified atom stereocenters. The second kappa shape index (κ2) is 7.14. The van der Waals surface area contributed by atoms with Crippen molar-refractivity contribution in [3.05, 3.63) is 76.9 Å². The van der Waals surface area contributed by atoms with Crippen molar-refractivity contribution in [2.75, 3.05) is 6.54 Å². The number of Topliss-reactive ketones (excluding diaryl/α,β-unsaturated/α-hetero) is 1. The van der Waals surface area contributed by atoms with Gasteiger partial charge in [0, 0.05) is 12.1 Å². The third kappa shape index (κ3) is 3.26. The molecular weight excluding hydrogens is 330 g/mol. The van der Waals surface area contributed by atoms with Crippen molar-refractivity contribution in [2.24, 2.45) is 0 Å². The van der Waals surface area contributed by atoms with Crippen LogP contribution >= 0.6 is 0 Å². The molecule has 5 nitrogen and oxygen atoms in total. The first kappa shape index (κ1) is 17.9. The molecule has 1 fully saturated rings. The van der Waals surface area contributed by atoms with Gasteiger partial charge < -0.3 is 15.1 Å². The highest BCUT2D eigenvalue weighted by atomic mass is 16.3. The quantitative estimate of drug-likeness (QED) is 0.504. The van der Waals surface area contributed by atoms with E-state index in [1.54, 1.807) is 31.2 Å². The van der Waals surface area contributed by atoms with Gasteiger partial charge in [0.1, 0.15) is 5.76 Å². The summed E-state index contributed by atoms with van der Waals surface area (Å²) in [4.78, 5) is 26.5. The molecule has 0 radical (unpaired) electrons. The Kier molecular flexibility index (Phi) is 4.91. The lowest BCUT2D eigenvalue weighted by Crippen LogP contribution is -2.35. The number of aliphatic hydroxyl groups excluding tert-OH is 2. The van der Waals surface area contributed by atoms with E-state index < -0.39 is 23.8 Å². The smallest absolute Gasteiger partial charge is 0.295 e. The summed E-state index contributed by atoms with van der Waals surface area (Å²) in [6, 6.07) is 15.4. The van der Waals surface area contributed by atoms with E-state index in [2.05, 4.69) is 0 Å². The number of nitrogens with zero attached hydrogens (tertiary/aromatic N) is 1. The summed E-state index contributed by atoms with van der Waals surface area (Å²) in [7, 11) is 0. The third-order valence-electron chi connectivity index (χ3n) is 4.44. The van der Waals surface area contributed by atoms with Crippen molar-refractivity contribution in [1.29, 1.82) is 0 Å². The van der Waals surface area contributed by atoms with Crippen LogP contribution in [-0.2, 0) is 9.59 Å². The minimum atomic E-state index is -0.793. The van der Waals surface area contributed by atoms with E-state index in [4.69, 9.17) is 0 Å². The highest BCUT2D eigenvalue weighted by molar-refractivity contribution is 6.46. The molecule has 5 heteroatoms. The van der Waals surface area contributed by atoms with Gasteiger partial charge in [-0.25, -0.2) is 0 Å². The molecule has 2 aromatic rings. The third-order valence-corrected chi connectivity index (χ3v) is 4.44. The van der Waals surface area contributed by atoms with Crippen LogP contribution in [0.5, 0.6) is 0 Å². The van der Waals surface area contributed by atoms with E-state index in [0.29, 0.717) is 11.1 Å². The van der Waals surface area contributed by atoms with Crippen LogP contribution in [0.3, 0.4) is 0 Å². The average Bonchev–Trinajstić information content (AvgIpc) is 2.87. The summed E-state index contributed by atoms with van der Waals surface area (Å²) in [6.07, 6.45) is -0.793. The van der Waals surface area contributed by atoms with Gasteiger partial charge in [-0.2, -0.15) is 0 Å². The lowest BCUT2D eigenvalue weighted by atomic mass is 9.95. The Morgan fingerprint density at radius 2 is 1.69 bits per heavy atom. The summed E-state index contributed by atoms with van der Waals surface area (Å²) < 4.78 is 0. The van der Waals surface area contributed by atoms with Crippen LogP contribution in [0.4, 0.5) is 0 Å². The molecule has 1 aliphatic rings. The van der Waals surface area contributed by atoms with Gasteiger partial charge in [0.25, 0.3) is 11.7 Å². The van der Waals surface area contributed by atoms with Crippen LogP contribution in [0.1, 0.15) is 29.7 Å². The Hall–Kier alpha value is -2.92. The maximum Gasteiger partial charge on any atom is 0.295 e. The van der Waals surface area contributed by atoms with Crippen molar-refractivity contribution in [3.8, 4) is 0 Å². The van der Waals surface area contributed by atoms with Crippen LogP contribution in [0, 0.1) is 6.92 Å². The highest BCUT2D eigenvalue weighted by Crippen LogP contribution is 2.39. The molecule has 1 amide bonds. The molecule has 0 bridgehead atoms. The number of carbonyl (C=O) groups excluding carboxylic acids is 2. The minimum Gasteiger partial charge on any atom is -0.507 e. The largest absolute Gasteiger partial charge is 0.507 e. The number of hydrogen-bond acceptors (Lipinski definition) is 4. The molecule has 0 spiro atoms. The van der Waals surface area contributed by atoms with E-state index in [1.165, 1.54) is 4.90 Å². The summed E-state index contributed by atoms with van der Waals surface area (Å²) >= 11 is 0. The lowest BCUT2D eigenvalue weighted by molar-refractivity contribution is -0.140. The molecule has 134 valence electrons. The number of rotatable bonds is 4. The second-order valence-electron chi connectivity index (χ2n) is 6.58. The number of hydrogen-bond donors (Lipinski definition) is 2. The van der Waals surface area contributed by atoms with Gasteiger partial charge in [0.15, 0.2) is 0 Å². The van der Waals surface area contributed by atoms with Crippen LogP contribution in [0.2, 0.25) is 0 Å². The van der Waals surface area contributed by atoms with E-state index >= 15 is 0 Å². The molecule has 0 aromatic heterocycles. The number of aliphatic hydroxyl groups is 2. The Morgan fingerprint density at radius 3 is 2.27 bits per heavy atom. The maximum absolute atomic E-state index is 12.7. The van der Waals surface area contributed by atoms with Gasteiger partial charge in [0.2, 0.25) is 0 Å². The fraction of sp³-hybridized carbons (Fsp3) is 0.238. The number of likely N-dealkylation sites (tertiary alicyclic amines) is 1. The molecule has 1 saturated heterocycles. The minimum absolute atomic E-state index is 0.00874. The van der Waals surface area contributed by atoms with Gasteiger partial charge in [-0.05, 0) is 19.4 Å². The lowest BCUT2D eigenvalue weighted by Gasteiger charge is -2.26. The van der Waals surface area contributed by atoms with Gasteiger partial charge in [-0.1, -0.05) is 60.2 Å². The SMILES string of the molecule is Cc1ccc(/C(O)=C2\C(=O)C(=O)N(CC(C)O)C2c2ccccc2)cc1. The Labute approximate surface area is 152 Å². The van der Waals surface area contributed by atoms with Gasteiger partial charge in [0.05, 0.1) is 17.7 Å². The zero-order valence-corrected chi connectivity index (χ0v) is 14.7. The summed E-state index contributed by atoms with van der Waals surface area (Å²) in [5, 5.41) is 20.6. The van der Waals surface area contributed by atoms with Gasteiger partial charge in [-0.3, -0.25) is 9.59 Å². The average molecular weight is 351 g/mol. The van der Waals surface area contributed by atoms with Crippen LogP contribution < -0.4 is 0 Å². The zero-order valence-electron chi connectivity index (χ0n) is 14.7. The number of aryl methyl sites for hydroxylation is 1. The first-order chi connectivity index (χ1) is 12.4. The number of benzene rings is 2. The fourth-order valence-corrected chi connectivity index (χ4v) is 3.20. The molecule has 2 N–H and O–H groups in total. The summed E-state index contributed by atoms with van der Waals surface area (Å²) in [5.41, 5.74) is 2.26. The maximum atomic E-state index is 12.7. The molecule has 2 atom stereocenters. The molecule has 3 rings (SSSR count). The molecule has 1 aliphatic heterocycles. The van der Waals surface area contributed by atoms with E-state index in [-0.39, 0.29) is 17.9 Å². The van der Waals surface area contributed by atoms with E-state index in [0.717, 1.165) is 5.56 Å². The molecular formula is C21H21NO4. The number of β-amino-alcohol motifs (C(OH)–C–C–N with tert-alkyl or cyclic N) is 1. The van der Waals surface area contributed by atoms with Crippen molar-refractivity contribution in [2.45, 2.75) is 26.0 Å². The summed E-state index contributed by atoms with van der Waals surface area (Å²) in [6.45, 7) is 3.49. The molecule has 0 aliphatic carbocycles.